The maximum absolute atomic E-state index is 11.7. The third kappa shape index (κ3) is 2.97. The van der Waals surface area contributed by atoms with Crippen LogP contribution in [0.3, 0.4) is 0 Å². The fraction of sp³-hybridized carbons (Fsp3) is 0.500. The number of halogens is 1. The zero-order valence-electron chi connectivity index (χ0n) is 9.39. The molecule has 0 bridgehead atoms. The number of hydrogen-bond acceptors (Lipinski definition) is 5. The molecule has 1 aliphatic heterocycles. The van der Waals surface area contributed by atoms with E-state index in [9.17, 15) is 8.42 Å². The van der Waals surface area contributed by atoms with Crippen molar-refractivity contribution in [3.63, 3.8) is 0 Å². The highest BCUT2D eigenvalue weighted by molar-refractivity contribution is 9.10. The summed E-state index contributed by atoms with van der Waals surface area (Å²) in [5.41, 5.74) is 0.644. The van der Waals surface area contributed by atoms with Crippen LogP contribution < -0.4 is 4.90 Å². The van der Waals surface area contributed by atoms with Gasteiger partial charge in [0.2, 0.25) is 0 Å². The Morgan fingerprint density at radius 1 is 1.41 bits per heavy atom. The maximum atomic E-state index is 11.7. The van der Waals surface area contributed by atoms with Crippen LogP contribution >= 0.6 is 15.9 Å². The summed E-state index contributed by atoms with van der Waals surface area (Å²) >= 11 is 3.31. The molecule has 0 aliphatic carbocycles. The van der Waals surface area contributed by atoms with Gasteiger partial charge in [-0.3, -0.25) is 0 Å². The summed E-state index contributed by atoms with van der Waals surface area (Å²) in [5.74, 6) is 0. The summed E-state index contributed by atoms with van der Waals surface area (Å²) in [6.07, 6.45) is 2.67. The minimum Gasteiger partial charge on any atom is -0.378 e. The van der Waals surface area contributed by atoms with Crippen LogP contribution in [0.5, 0.6) is 0 Å². The van der Waals surface area contributed by atoms with Crippen molar-refractivity contribution < 1.29 is 13.2 Å². The number of anilines is 1. The number of morpholine rings is 1. The first-order chi connectivity index (χ1) is 7.98. The van der Waals surface area contributed by atoms with E-state index in [1.807, 2.05) is 4.90 Å². The van der Waals surface area contributed by atoms with Crippen LogP contribution in [-0.2, 0) is 14.6 Å². The van der Waals surface area contributed by atoms with E-state index in [2.05, 4.69) is 20.9 Å². The predicted molar refractivity (Wildman–Crippen MR) is 68.1 cm³/mol. The van der Waals surface area contributed by atoms with Crippen LogP contribution in [0.15, 0.2) is 21.8 Å². The monoisotopic (exact) mass is 320 g/mol. The zero-order chi connectivity index (χ0) is 12.5. The summed E-state index contributed by atoms with van der Waals surface area (Å²) in [7, 11) is -3.31. The highest BCUT2D eigenvalue weighted by Crippen LogP contribution is 2.27. The summed E-state index contributed by atoms with van der Waals surface area (Å²) in [6.45, 7) is 2.58. The third-order valence-corrected chi connectivity index (χ3v) is 3.95. The molecule has 17 heavy (non-hydrogen) atoms. The number of pyridine rings is 1. The van der Waals surface area contributed by atoms with Crippen LogP contribution in [0, 0.1) is 0 Å². The number of sulfone groups is 1. The molecule has 0 N–H and O–H groups in total. The van der Waals surface area contributed by atoms with Gasteiger partial charge < -0.3 is 9.64 Å². The van der Waals surface area contributed by atoms with E-state index in [1.54, 1.807) is 6.07 Å². The quantitative estimate of drug-likeness (QED) is 0.816. The van der Waals surface area contributed by atoms with Crippen LogP contribution in [0.2, 0.25) is 0 Å². The first-order valence-corrected chi connectivity index (χ1v) is 7.85. The fourth-order valence-corrected chi connectivity index (χ4v) is 2.86. The van der Waals surface area contributed by atoms with Crippen molar-refractivity contribution in [3.05, 3.63) is 16.7 Å². The normalized spacial score (nSPS) is 17.2. The molecule has 0 amide bonds. The second kappa shape index (κ2) is 4.91. The van der Waals surface area contributed by atoms with Crippen molar-refractivity contribution in [3.8, 4) is 0 Å². The Morgan fingerprint density at radius 3 is 2.65 bits per heavy atom. The number of ether oxygens (including phenoxy) is 1. The molecule has 94 valence electrons. The molecular weight excluding hydrogens is 308 g/mol. The molecule has 2 rings (SSSR count). The molecule has 1 aromatic rings. The summed E-state index contributed by atoms with van der Waals surface area (Å²) in [6, 6.07) is 1.79. The van der Waals surface area contributed by atoms with E-state index in [1.165, 1.54) is 12.5 Å². The van der Waals surface area contributed by atoms with Gasteiger partial charge in [-0.25, -0.2) is 13.4 Å². The highest BCUT2D eigenvalue weighted by Gasteiger charge is 2.21. The molecule has 0 atom stereocenters. The molecule has 0 unspecified atom stereocenters. The lowest BCUT2D eigenvalue weighted by Crippen LogP contribution is -2.37. The van der Waals surface area contributed by atoms with Crippen molar-refractivity contribution in [1.82, 2.24) is 4.98 Å². The fourth-order valence-electron chi connectivity index (χ4n) is 1.73. The lowest BCUT2D eigenvalue weighted by Gasteiger charge is -2.29. The Hall–Kier alpha value is -0.660. The Morgan fingerprint density at radius 2 is 2.06 bits per heavy atom. The Labute approximate surface area is 109 Å². The standard InChI is InChI=1S/C10H13BrN2O3S/c1-17(14,15)10-9(6-8(11)7-12-10)13-2-4-16-5-3-13/h6-7H,2-5H2,1H3. The second-order valence-corrected chi connectivity index (χ2v) is 6.70. The molecule has 1 fully saturated rings. The molecule has 0 radical (unpaired) electrons. The average Bonchev–Trinajstić information content (AvgIpc) is 2.28. The van der Waals surface area contributed by atoms with Gasteiger partial charge in [-0.2, -0.15) is 0 Å². The highest BCUT2D eigenvalue weighted by atomic mass is 79.9. The van der Waals surface area contributed by atoms with Crippen molar-refractivity contribution in [2.75, 3.05) is 37.5 Å². The van der Waals surface area contributed by atoms with E-state index in [4.69, 9.17) is 4.74 Å². The summed E-state index contributed by atoms with van der Waals surface area (Å²) in [4.78, 5) is 5.99. The molecular formula is C10H13BrN2O3S. The molecule has 1 aliphatic rings. The SMILES string of the molecule is CS(=O)(=O)c1ncc(Br)cc1N1CCOCC1. The van der Waals surface area contributed by atoms with Crippen LogP contribution in [0.25, 0.3) is 0 Å². The van der Waals surface area contributed by atoms with Gasteiger partial charge in [0.25, 0.3) is 0 Å². The van der Waals surface area contributed by atoms with Gasteiger partial charge in [-0.1, -0.05) is 0 Å². The number of hydrogen-bond donors (Lipinski definition) is 0. The third-order valence-electron chi connectivity index (χ3n) is 2.50. The number of aromatic nitrogens is 1. The molecule has 2 heterocycles. The molecule has 0 aromatic carbocycles. The first-order valence-electron chi connectivity index (χ1n) is 5.17. The van der Waals surface area contributed by atoms with Gasteiger partial charge in [-0.15, -0.1) is 0 Å². The van der Waals surface area contributed by atoms with Crippen LogP contribution in [0.4, 0.5) is 5.69 Å². The molecule has 1 aromatic heterocycles. The largest absolute Gasteiger partial charge is 0.378 e. The second-order valence-electron chi connectivity index (χ2n) is 3.85. The van der Waals surface area contributed by atoms with Crippen molar-refractivity contribution in [2.45, 2.75) is 5.03 Å². The number of nitrogens with zero attached hydrogens (tertiary/aromatic N) is 2. The molecule has 0 spiro atoms. The minimum atomic E-state index is -3.31. The Bertz CT molecular complexity index is 512. The van der Waals surface area contributed by atoms with Crippen molar-refractivity contribution in [1.29, 1.82) is 0 Å². The smallest absolute Gasteiger partial charge is 0.194 e. The lowest BCUT2D eigenvalue weighted by atomic mass is 10.3. The summed E-state index contributed by atoms with van der Waals surface area (Å²) < 4.78 is 29.4. The van der Waals surface area contributed by atoms with E-state index in [-0.39, 0.29) is 5.03 Å². The first kappa shape index (κ1) is 12.8. The van der Waals surface area contributed by atoms with Crippen molar-refractivity contribution >= 4 is 31.5 Å². The summed E-state index contributed by atoms with van der Waals surface area (Å²) in [5, 5.41) is 0.127. The molecule has 5 nitrogen and oxygen atoms in total. The molecule has 1 saturated heterocycles. The minimum absolute atomic E-state index is 0.127. The maximum Gasteiger partial charge on any atom is 0.194 e. The van der Waals surface area contributed by atoms with Gasteiger partial charge in [0.05, 0.1) is 18.9 Å². The van der Waals surface area contributed by atoms with E-state index in [0.717, 1.165) is 4.47 Å². The zero-order valence-corrected chi connectivity index (χ0v) is 11.8. The van der Waals surface area contributed by atoms with Crippen LogP contribution in [-0.4, -0.2) is 46.0 Å². The van der Waals surface area contributed by atoms with Gasteiger partial charge in [-0.05, 0) is 22.0 Å². The van der Waals surface area contributed by atoms with Gasteiger partial charge in [0, 0.05) is 30.0 Å². The molecule has 0 saturated carbocycles. The lowest BCUT2D eigenvalue weighted by molar-refractivity contribution is 0.122. The van der Waals surface area contributed by atoms with Gasteiger partial charge >= 0.3 is 0 Å². The van der Waals surface area contributed by atoms with Gasteiger partial charge in [0.15, 0.2) is 14.9 Å². The number of rotatable bonds is 2. The average molecular weight is 321 g/mol. The van der Waals surface area contributed by atoms with E-state index < -0.39 is 9.84 Å². The van der Waals surface area contributed by atoms with E-state index in [0.29, 0.717) is 32.0 Å². The van der Waals surface area contributed by atoms with Crippen molar-refractivity contribution in [2.24, 2.45) is 0 Å². The predicted octanol–water partition coefficient (Wildman–Crippen LogP) is 1.08. The molecule has 7 heteroatoms. The Kier molecular flexibility index (Phi) is 3.70. The van der Waals surface area contributed by atoms with Crippen LogP contribution in [0.1, 0.15) is 0 Å². The van der Waals surface area contributed by atoms with Gasteiger partial charge in [0.1, 0.15) is 0 Å². The van der Waals surface area contributed by atoms with E-state index >= 15 is 0 Å². The topological polar surface area (TPSA) is 59.5 Å². The Balaban J connectivity index is 2.46.